The minimum Gasteiger partial charge on any atom is -0.494 e. The zero-order valence-corrected chi connectivity index (χ0v) is 25.1. The lowest BCUT2D eigenvalue weighted by molar-refractivity contribution is -0.142. The van der Waals surface area contributed by atoms with Crippen molar-refractivity contribution in [2.45, 2.75) is 58.7 Å². The minimum atomic E-state index is -1.16. The van der Waals surface area contributed by atoms with Crippen molar-refractivity contribution in [3.05, 3.63) is 65.7 Å². The molecule has 236 valence electrons. The SMILES string of the molecule is CCCCOc1ccc(C[C@H](NC(=O)[C@@H](NC(=O)OCc2ccccc2)C(C)C)C(=O)O)cc1.NC(=O)N1CCOCC1. The highest BCUT2D eigenvalue weighted by Gasteiger charge is 2.29. The predicted molar refractivity (Wildman–Crippen MR) is 160 cm³/mol. The van der Waals surface area contributed by atoms with Gasteiger partial charge in [-0.1, -0.05) is 69.7 Å². The molecule has 2 aromatic carbocycles. The van der Waals surface area contributed by atoms with E-state index in [4.69, 9.17) is 19.9 Å². The summed E-state index contributed by atoms with van der Waals surface area (Å²) in [7, 11) is 0. The molecule has 4 amide bonds. The summed E-state index contributed by atoms with van der Waals surface area (Å²) in [5.74, 6) is -1.31. The molecule has 1 saturated heterocycles. The van der Waals surface area contributed by atoms with Crippen molar-refractivity contribution in [3.8, 4) is 5.75 Å². The van der Waals surface area contributed by atoms with E-state index in [1.54, 1.807) is 43.0 Å². The van der Waals surface area contributed by atoms with Crippen LogP contribution in [0.25, 0.3) is 0 Å². The molecular weight excluding hydrogens is 556 g/mol. The van der Waals surface area contributed by atoms with Gasteiger partial charge in [-0.15, -0.1) is 0 Å². The number of primary amides is 1. The van der Waals surface area contributed by atoms with Crippen LogP contribution in [-0.2, 0) is 32.1 Å². The minimum absolute atomic E-state index is 0.0645. The van der Waals surface area contributed by atoms with E-state index in [0.717, 1.165) is 24.0 Å². The summed E-state index contributed by atoms with van der Waals surface area (Å²) in [6, 6.07) is 13.9. The number of unbranched alkanes of at least 4 members (excludes halogenated alkanes) is 1. The van der Waals surface area contributed by atoms with Gasteiger partial charge in [-0.25, -0.2) is 14.4 Å². The first-order valence-corrected chi connectivity index (χ1v) is 14.4. The number of alkyl carbamates (subject to hydrolysis) is 1. The Bertz CT molecular complexity index is 1140. The van der Waals surface area contributed by atoms with Crippen LogP contribution in [0.4, 0.5) is 9.59 Å². The molecule has 12 nitrogen and oxygen atoms in total. The van der Waals surface area contributed by atoms with Gasteiger partial charge in [0.05, 0.1) is 19.8 Å². The molecule has 0 unspecified atom stereocenters. The van der Waals surface area contributed by atoms with E-state index in [1.807, 2.05) is 30.3 Å². The Kier molecular flexibility index (Phi) is 15.4. The average molecular weight is 601 g/mol. The summed E-state index contributed by atoms with van der Waals surface area (Å²) in [4.78, 5) is 48.9. The van der Waals surface area contributed by atoms with Crippen LogP contribution in [0, 0.1) is 5.92 Å². The molecule has 1 fully saturated rings. The number of amides is 4. The van der Waals surface area contributed by atoms with Crippen LogP contribution in [-0.4, -0.2) is 79.0 Å². The number of rotatable bonds is 13. The van der Waals surface area contributed by atoms with Gasteiger partial charge in [0, 0.05) is 19.5 Å². The molecule has 12 heteroatoms. The number of aliphatic carboxylic acids is 1. The first-order chi connectivity index (χ1) is 20.6. The highest BCUT2D eigenvalue weighted by atomic mass is 16.5. The lowest BCUT2D eigenvalue weighted by Gasteiger charge is -2.24. The lowest BCUT2D eigenvalue weighted by Crippen LogP contribution is -2.54. The maximum atomic E-state index is 12.8. The Hall–Kier alpha value is -4.32. The van der Waals surface area contributed by atoms with E-state index in [-0.39, 0.29) is 25.0 Å². The third-order valence-corrected chi connectivity index (χ3v) is 6.50. The van der Waals surface area contributed by atoms with Gasteiger partial charge in [0.15, 0.2) is 0 Å². The van der Waals surface area contributed by atoms with Gasteiger partial charge >= 0.3 is 18.1 Å². The van der Waals surface area contributed by atoms with Crippen molar-refractivity contribution in [2.75, 3.05) is 32.9 Å². The second-order valence-electron chi connectivity index (χ2n) is 10.3. The third kappa shape index (κ3) is 13.5. The van der Waals surface area contributed by atoms with Crippen LogP contribution in [0.3, 0.4) is 0 Å². The van der Waals surface area contributed by atoms with E-state index in [1.165, 1.54) is 0 Å². The number of nitrogens with one attached hydrogen (secondary N) is 2. The summed E-state index contributed by atoms with van der Waals surface area (Å²) in [5.41, 5.74) is 6.56. The van der Waals surface area contributed by atoms with Gasteiger partial charge in [-0.3, -0.25) is 4.79 Å². The first-order valence-electron chi connectivity index (χ1n) is 14.4. The van der Waals surface area contributed by atoms with Gasteiger partial charge in [0.1, 0.15) is 24.4 Å². The van der Waals surface area contributed by atoms with E-state index < -0.39 is 30.1 Å². The number of hydrogen-bond donors (Lipinski definition) is 4. The van der Waals surface area contributed by atoms with Gasteiger partial charge in [0.2, 0.25) is 5.91 Å². The van der Waals surface area contributed by atoms with Gasteiger partial charge < -0.3 is 40.6 Å². The number of carbonyl (C=O) groups is 4. The summed E-state index contributed by atoms with van der Waals surface area (Å²) in [6.45, 7) is 8.79. The number of nitrogens with zero attached hydrogens (tertiary/aromatic N) is 1. The largest absolute Gasteiger partial charge is 0.494 e. The maximum Gasteiger partial charge on any atom is 0.408 e. The molecule has 1 heterocycles. The molecule has 2 atom stereocenters. The molecule has 0 radical (unpaired) electrons. The Balaban J connectivity index is 0.000000609. The van der Waals surface area contributed by atoms with Gasteiger partial charge in [0.25, 0.3) is 0 Å². The van der Waals surface area contributed by atoms with E-state index in [9.17, 15) is 24.3 Å². The highest BCUT2D eigenvalue weighted by molar-refractivity contribution is 5.89. The second-order valence-corrected chi connectivity index (χ2v) is 10.3. The zero-order valence-electron chi connectivity index (χ0n) is 25.1. The summed E-state index contributed by atoms with van der Waals surface area (Å²) >= 11 is 0. The van der Waals surface area contributed by atoms with E-state index in [0.29, 0.717) is 38.7 Å². The molecule has 0 saturated carbocycles. The Morgan fingerprint density at radius 2 is 1.63 bits per heavy atom. The monoisotopic (exact) mass is 600 g/mol. The fraction of sp³-hybridized carbons (Fsp3) is 0.484. The number of ether oxygens (including phenoxy) is 3. The maximum absolute atomic E-state index is 12.8. The standard InChI is InChI=1S/C26H34N2O6.C5H10N2O2/c1-4-5-15-33-21-13-11-19(12-14-21)16-22(25(30)31)27-24(29)23(18(2)3)28-26(32)34-17-20-9-7-6-8-10-20;6-5(8)7-1-3-9-4-2-7/h6-14,18,22-23H,4-5,15-17H2,1-3H3,(H,27,29)(H,28,32)(H,30,31);1-4H2,(H2,6,8)/t22-,23-;/m0./s1. The van der Waals surface area contributed by atoms with Gasteiger partial charge in [-0.05, 0) is 35.6 Å². The number of nitrogens with two attached hydrogens (primary N) is 1. The number of carboxylic acid groups (broad SMARTS) is 1. The molecule has 5 N–H and O–H groups in total. The van der Waals surface area contributed by atoms with Crippen LogP contribution in [0.15, 0.2) is 54.6 Å². The third-order valence-electron chi connectivity index (χ3n) is 6.50. The topological polar surface area (TPSA) is 170 Å². The second kappa shape index (κ2) is 19.0. The smallest absolute Gasteiger partial charge is 0.408 e. The molecule has 2 aromatic rings. The fourth-order valence-corrected chi connectivity index (χ4v) is 3.96. The predicted octanol–water partition coefficient (Wildman–Crippen LogP) is 3.33. The van der Waals surface area contributed by atoms with Crippen molar-refractivity contribution in [1.29, 1.82) is 0 Å². The Morgan fingerprint density at radius 1 is 0.977 bits per heavy atom. The van der Waals surface area contributed by atoms with Crippen molar-refractivity contribution < 1.29 is 38.5 Å². The molecule has 0 bridgehead atoms. The normalized spacial score (nSPS) is 14.0. The van der Waals surface area contributed by atoms with Crippen molar-refractivity contribution in [2.24, 2.45) is 11.7 Å². The molecule has 0 aliphatic carbocycles. The van der Waals surface area contributed by atoms with E-state index in [2.05, 4.69) is 17.6 Å². The van der Waals surface area contributed by atoms with E-state index >= 15 is 0 Å². The Morgan fingerprint density at radius 3 is 2.16 bits per heavy atom. The lowest BCUT2D eigenvalue weighted by atomic mass is 10.0. The molecule has 43 heavy (non-hydrogen) atoms. The van der Waals surface area contributed by atoms with Crippen molar-refractivity contribution in [3.63, 3.8) is 0 Å². The first kappa shape index (κ1) is 34.9. The van der Waals surface area contributed by atoms with Crippen LogP contribution in [0.2, 0.25) is 0 Å². The number of benzene rings is 2. The van der Waals surface area contributed by atoms with Crippen LogP contribution in [0.5, 0.6) is 5.75 Å². The molecular formula is C31H44N4O8. The number of carboxylic acids is 1. The van der Waals surface area contributed by atoms with Crippen LogP contribution in [0.1, 0.15) is 44.7 Å². The van der Waals surface area contributed by atoms with Gasteiger partial charge in [-0.2, -0.15) is 0 Å². The molecule has 0 aromatic heterocycles. The summed E-state index contributed by atoms with van der Waals surface area (Å²) in [5, 5.41) is 14.7. The number of urea groups is 1. The van der Waals surface area contributed by atoms with Crippen molar-refractivity contribution in [1.82, 2.24) is 15.5 Å². The summed E-state index contributed by atoms with van der Waals surface area (Å²) in [6.07, 6.45) is 1.34. The quantitative estimate of drug-likeness (QED) is 0.254. The highest BCUT2D eigenvalue weighted by Crippen LogP contribution is 2.15. The average Bonchev–Trinajstić information content (AvgIpc) is 3.00. The summed E-state index contributed by atoms with van der Waals surface area (Å²) < 4.78 is 15.8. The van der Waals surface area contributed by atoms with Crippen molar-refractivity contribution >= 4 is 24.0 Å². The van der Waals surface area contributed by atoms with Crippen LogP contribution >= 0.6 is 0 Å². The molecule has 3 rings (SSSR count). The molecule has 0 spiro atoms. The molecule has 1 aliphatic heterocycles. The number of morpholine rings is 1. The fourth-order valence-electron chi connectivity index (χ4n) is 3.96. The van der Waals surface area contributed by atoms with Crippen LogP contribution < -0.4 is 21.1 Å². The zero-order chi connectivity index (χ0) is 31.6. The number of hydrogen-bond acceptors (Lipinski definition) is 7. The molecule has 1 aliphatic rings. The Labute approximate surface area is 252 Å². The number of carbonyl (C=O) groups excluding carboxylic acids is 3.